The summed E-state index contributed by atoms with van der Waals surface area (Å²) in [4.78, 5) is 2.45. The van der Waals surface area contributed by atoms with Crippen molar-refractivity contribution in [2.24, 2.45) is 0 Å². The van der Waals surface area contributed by atoms with Crippen LogP contribution in [0.15, 0.2) is 0 Å². The van der Waals surface area contributed by atoms with Crippen LogP contribution in [-0.4, -0.2) is 37.2 Å². The number of hydrogen-bond acceptors (Lipinski definition) is 2. The maximum Gasteiger partial charge on any atom is 0.0619 e. The summed E-state index contributed by atoms with van der Waals surface area (Å²) in [5.41, 5.74) is 0. The molecule has 1 aliphatic rings. The number of rotatable bonds is 3. The van der Waals surface area contributed by atoms with E-state index in [0.29, 0.717) is 6.04 Å². The molecule has 0 aromatic carbocycles. The van der Waals surface area contributed by atoms with E-state index in [9.17, 15) is 0 Å². The molecule has 0 saturated carbocycles. The van der Waals surface area contributed by atoms with Crippen LogP contribution in [0.2, 0.25) is 0 Å². The van der Waals surface area contributed by atoms with Gasteiger partial charge in [0.05, 0.1) is 13.2 Å². The summed E-state index contributed by atoms with van der Waals surface area (Å²) in [5, 5.41) is 0. The largest absolute Gasteiger partial charge is 0.379 e. The van der Waals surface area contributed by atoms with Crippen LogP contribution in [0, 0.1) is 12.3 Å². The number of hydrogen-bond donors (Lipinski definition) is 0. The highest BCUT2D eigenvalue weighted by molar-refractivity contribution is 4.84. The lowest BCUT2D eigenvalue weighted by atomic mass is 10.2. The fraction of sp³-hybridized carbons (Fsp3) is 0.800. The second kappa shape index (κ2) is 5.18. The van der Waals surface area contributed by atoms with Crippen molar-refractivity contribution >= 4 is 0 Å². The van der Waals surface area contributed by atoms with Crippen LogP contribution in [0.5, 0.6) is 0 Å². The zero-order valence-corrected chi connectivity index (χ0v) is 7.75. The van der Waals surface area contributed by atoms with Gasteiger partial charge in [-0.2, -0.15) is 0 Å². The number of terminal acetylenes is 1. The molecule has 1 saturated heterocycles. The van der Waals surface area contributed by atoms with Crippen LogP contribution < -0.4 is 0 Å². The van der Waals surface area contributed by atoms with Crippen molar-refractivity contribution in [1.82, 2.24) is 4.90 Å². The molecule has 1 unspecified atom stereocenters. The SMILES string of the molecule is C#CCCCN1CCOCC1C. The third kappa shape index (κ3) is 2.84. The number of unbranched alkanes of at least 4 members (excludes halogenated alkanes) is 1. The fourth-order valence-corrected chi connectivity index (χ4v) is 1.48. The molecule has 2 nitrogen and oxygen atoms in total. The molecular formula is C10H17NO. The Morgan fingerprint density at radius 1 is 1.67 bits per heavy atom. The van der Waals surface area contributed by atoms with Crippen molar-refractivity contribution in [1.29, 1.82) is 0 Å². The van der Waals surface area contributed by atoms with Crippen molar-refractivity contribution < 1.29 is 4.74 Å². The van der Waals surface area contributed by atoms with Gasteiger partial charge in [-0.05, 0) is 19.9 Å². The minimum atomic E-state index is 0.566. The molecule has 1 atom stereocenters. The van der Waals surface area contributed by atoms with Gasteiger partial charge >= 0.3 is 0 Å². The Kier molecular flexibility index (Phi) is 4.13. The maximum atomic E-state index is 5.34. The first kappa shape index (κ1) is 9.57. The highest BCUT2D eigenvalue weighted by Gasteiger charge is 2.17. The first-order chi connectivity index (χ1) is 5.84. The molecule has 0 radical (unpaired) electrons. The summed E-state index contributed by atoms with van der Waals surface area (Å²) < 4.78 is 5.34. The van der Waals surface area contributed by atoms with Gasteiger partial charge in [-0.3, -0.25) is 4.90 Å². The molecule has 0 N–H and O–H groups in total. The number of ether oxygens (including phenoxy) is 1. The third-order valence-electron chi connectivity index (χ3n) is 2.27. The van der Waals surface area contributed by atoms with E-state index in [0.717, 1.165) is 39.1 Å². The van der Waals surface area contributed by atoms with Crippen LogP contribution in [0.1, 0.15) is 19.8 Å². The molecule has 12 heavy (non-hydrogen) atoms. The van der Waals surface area contributed by atoms with Crippen molar-refractivity contribution in [2.45, 2.75) is 25.8 Å². The molecule has 1 heterocycles. The highest BCUT2D eigenvalue weighted by atomic mass is 16.5. The number of morpholine rings is 1. The Morgan fingerprint density at radius 2 is 2.50 bits per heavy atom. The van der Waals surface area contributed by atoms with E-state index in [1.54, 1.807) is 0 Å². The van der Waals surface area contributed by atoms with Gasteiger partial charge in [0.2, 0.25) is 0 Å². The Morgan fingerprint density at radius 3 is 3.17 bits per heavy atom. The van der Waals surface area contributed by atoms with Gasteiger partial charge < -0.3 is 4.74 Å². The highest BCUT2D eigenvalue weighted by Crippen LogP contribution is 2.06. The first-order valence-electron chi connectivity index (χ1n) is 4.60. The van der Waals surface area contributed by atoms with Crippen molar-refractivity contribution in [3.8, 4) is 12.3 Å². The average Bonchev–Trinajstić information content (AvgIpc) is 2.09. The van der Waals surface area contributed by atoms with Crippen molar-refractivity contribution in [3.05, 3.63) is 0 Å². The smallest absolute Gasteiger partial charge is 0.0619 e. The van der Waals surface area contributed by atoms with E-state index >= 15 is 0 Å². The third-order valence-corrected chi connectivity index (χ3v) is 2.27. The molecule has 2 heteroatoms. The van der Waals surface area contributed by atoms with Crippen LogP contribution in [0.4, 0.5) is 0 Å². The molecule has 0 aromatic heterocycles. The molecule has 0 aromatic rings. The summed E-state index contributed by atoms with van der Waals surface area (Å²) in [6.07, 6.45) is 7.19. The van der Waals surface area contributed by atoms with Crippen LogP contribution in [0.25, 0.3) is 0 Å². The summed E-state index contributed by atoms with van der Waals surface area (Å²) in [6, 6.07) is 0.566. The van der Waals surface area contributed by atoms with Gasteiger partial charge in [-0.1, -0.05) is 0 Å². The monoisotopic (exact) mass is 167 g/mol. The van der Waals surface area contributed by atoms with Crippen molar-refractivity contribution in [2.75, 3.05) is 26.3 Å². The molecule has 1 fully saturated rings. The van der Waals surface area contributed by atoms with E-state index < -0.39 is 0 Å². The fourth-order valence-electron chi connectivity index (χ4n) is 1.48. The maximum absolute atomic E-state index is 5.34. The van der Waals surface area contributed by atoms with Gasteiger partial charge in [0, 0.05) is 19.0 Å². The number of nitrogens with zero attached hydrogens (tertiary/aromatic N) is 1. The lowest BCUT2D eigenvalue weighted by Gasteiger charge is -2.32. The van der Waals surface area contributed by atoms with Crippen LogP contribution in [-0.2, 0) is 4.74 Å². The predicted molar refractivity (Wildman–Crippen MR) is 49.9 cm³/mol. The molecule has 0 spiro atoms. The molecule has 1 rings (SSSR count). The zero-order chi connectivity index (χ0) is 8.81. The van der Waals surface area contributed by atoms with E-state index in [1.807, 2.05) is 0 Å². The Balaban J connectivity index is 2.16. The second-order valence-corrected chi connectivity index (χ2v) is 3.27. The zero-order valence-electron chi connectivity index (χ0n) is 7.75. The average molecular weight is 167 g/mol. The van der Waals surface area contributed by atoms with E-state index in [2.05, 4.69) is 17.7 Å². The standard InChI is InChI=1S/C10H17NO/c1-3-4-5-6-11-7-8-12-9-10(11)2/h1,10H,4-9H2,2H3. The normalized spacial score (nSPS) is 25.2. The minimum absolute atomic E-state index is 0.566. The predicted octanol–water partition coefficient (Wildman–Crippen LogP) is 1.12. The van der Waals surface area contributed by atoms with Gasteiger partial charge in [-0.15, -0.1) is 12.3 Å². The summed E-state index contributed by atoms with van der Waals surface area (Å²) in [5.74, 6) is 2.66. The van der Waals surface area contributed by atoms with Gasteiger partial charge in [0.25, 0.3) is 0 Å². The summed E-state index contributed by atoms with van der Waals surface area (Å²) in [6.45, 7) is 6.13. The lowest BCUT2D eigenvalue weighted by Crippen LogP contribution is -2.43. The summed E-state index contributed by atoms with van der Waals surface area (Å²) in [7, 11) is 0. The van der Waals surface area contributed by atoms with E-state index in [1.165, 1.54) is 0 Å². The Bertz CT molecular complexity index is 162. The molecular weight excluding hydrogens is 150 g/mol. The quantitative estimate of drug-likeness (QED) is 0.461. The van der Waals surface area contributed by atoms with E-state index in [-0.39, 0.29) is 0 Å². The molecule has 1 aliphatic heterocycles. The van der Waals surface area contributed by atoms with Crippen LogP contribution in [0.3, 0.4) is 0 Å². The van der Waals surface area contributed by atoms with Gasteiger partial charge in [-0.25, -0.2) is 0 Å². The lowest BCUT2D eigenvalue weighted by molar-refractivity contribution is -0.000470. The van der Waals surface area contributed by atoms with E-state index in [4.69, 9.17) is 11.2 Å². The molecule has 0 bridgehead atoms. The topological polar surface area (TPSA) is 12.5 Å². The summed E-state index contributed by atoms with van der Waals surface area (Å²) >= 11 is 0. The minimum Gasteiger partial charge on any atom is -0.379 e. The molecule has 68 valence electrons. The Hall–Kier alpha value is -0.520. The van der Waals surface area contributed by atoms with Crippen LogP contribution >= 0.6 is 0 Å². The van der Waals surface area contributed by atoms with Crippen molar-refractivity contribution in [3.63, 3.8) is 0 Å². The second-order valence-electron chi connectivity index (χ2n) is 3.27. The van der Waals surface area contributed by atoms with Gasteiger partial charge in [0.15, 0.2) is 0 Å². The van der Waals surface area contributed by atoms with Gasteiger partial charge in [0.1, 0.15) is 0 Å². The Labute approximate surface area is 74.9 Å². The molecule has 0 amide bonds. The first-order valence-corrected chi connectivity index (χ1v) is 4.60. The molecule has 0 aliphatic carbocycles.